The molecule has 0 spiro atoms. The molecule has 6 heteroatoms. The van der Waals surface area contributed by atoms with Crippen LogP contribution in [-0.2, 0) is 9.84 Å². The number of sulfone groups is 1. The first-order valence-corrected chi connectivity index (χ1v) is 7.83. The van der Waals surface area contributed by atoms with Crippen molar-refractivity contribution in [1.82, 2.24) is 0 Å². The molecule has 1 rings (SSSR count). The molecule has 0 aliphatic rings. The van der Waals surface area contributed by atoms with E-state index in [0.717, 1.165) is 0 Å². The Balaban J connectivity index is 3.41. The third-order valence-electron chi connectivity index (χ3n) is 2.00. The number of thioether (sulfide) groups is 1. The van der Waals surface area contributed by atoms with E-state index in [-0.39, 0.29) is 22.1 Å². The highest BCUT2D eigenvalue weighted by Gasteiger charge is 2.19. The van der Waals surface area contributed by atoms with Crippen LogP contribution in [0.5, 0.6) is 0 Å². The van der Waals surface area contributed by atoms with Gasteiger partial charge in [-0.25, -0.2) is 8.42 Å². The Bertz CT molecular complexity index is 520. The fourth-order valence-electron chi connectivity index (χ4n) is 1.26. The van der Waals surface area contributed by atoms with Crippen LogP contribution in [0.3, 0.4) is 0 Å². The summed E-state index contributed by atoms with van der Waals surface area (Å²) in [5.41, 5.74) is 0.208. The Morgan fingerprint density at radius 3 is 2.69 bits per heavy atom. The fourth-order valence-corrected chi connectivity index (χ4v) is 3.69. The van der Waals surface area contributed by atoms with Crippen LogP contribution in [0, 0.1) is 11.3 Å². The van der Waals surface area contributed by atoms with Crippen LogP contribution in [0.2, 0.25) is 0 Å². The largest absolute Gasteiger partial charge is 0.224 e. The molecule has 0 heterocycles. The summed E-state index contributed by atoms with van der Waals surface area (Å²) in [7, 11) is -3.45. The van der Waals surface area contributed by atoms with Crippen LogP contribution in [0.4, 0.5) is 0 Å². The minimum atomic E-state index is -3.45. The van der Waals surface area contributed by atoms with E-state index in [1.54, 1.807) is 18.4 Å². The Labute approximate surface area is 104 Å². The Morgan fingerprint density at radius 2 is 2.19 bits per heavy atom. The third-order valence-corrected chi connectivity index (χ3v) is 4.95. The first-order valence-electron chi connectivity index (χ1n) is 4.42. The monoisotopic (exact) mass is 275 g/mol. The van der Waals surface area contributed by atoms with E-state index in [1.165, 1.54) is 17.8 Å². The molecule has 1 aromatic carbocycles. The van der Waals surface area contributed by atoms with Gasteiger partial charge in [-0.3, -0.25) is 0 Å². The summed E-state index contributed by atoms with van der Waals surface area (Å²) in [4.78, 5) is 0.737. The molecular formula is C10H10ClNO2S2. The van der Waals surface area contributed by atoms with Crippen molar-refractivity contribution < 1.29 is 8.42 Å². The Kier molecular flexibility index (Phi) is 4.66. The smallest absolute Gasteiger partial charge is 0.180 e. The lowest BCUT2D eigenvalue weighted by Gasteiger charge is -2.07. The number of nitrogens with zero attached hydrogens (tertiary/aromatic N) is 1. The van der Waals surface area contributed by atoms with Gasteiger partial charge in [0.15, 0.2) is 9.84 Å². The summed E-state index contributed by atoms with van der Waals surface area (Å²) in [6.07, 6.45) is 1.80. The standard InChI is InChI=1S/C10H10ClNO2S2/c1-15-9-3-2-4-10(8(9)7-12)16(13,14)6-5-11/h2-4H,5-6H2,1H3. The number of benzene rings is 1. The van der Waals surface area contributed by atoms with E-state index < -0.39 is 9.84 Å². The number of hydrogen-bond acceptors (Lipinski definition) is 4. The maximum absolute atomic E-state index is 11.8. The topological polar surface area (TPSA) is 57.9 Å². The minimum absolute atomic E-state index is 0.0245. The number of hydrogen-bond donors (Lipinski definition) is 0. The van der Waals surface area contributed by atoms with Crippen molar-refractivity contribution >= 4 is 33.2 Å². The van der Waals surface area contributed by atoms with Crippen LogP contribution < -0.4 is 0 Å². The van der Waals surface area contributed by atoms with Gasteiger partial charge in [0, 0.05) is 10.8 Å². The van der Waals surface area contributed by atoms with Crippen LogP contribution in [0.15, 0.2) is 28.0 Å². The zero-order chi connectivity index (χ0) is 12.2. The lowest BCUT2D eigenvalue weighted by atomic mass is 10.2. The maximum Gasteiger partial charge on any atom is 0.180 e. The van der Waals surface area contributed by atoms with Gasteiger partial charge in [0.25, 0.3) is 0 Å². The van der Waals surface area contributed by atoms with Gasteiger partial charge in [-0.15, -0.1) is 23.4 Å². The summed E-state index contributed by atoms with van der Waals surface area (Å²) < 4.78 is 23.7. The molecule has 1 aromatic rings. The lowest BCUT2D eigenvalue weighted by Crippen LogP contribution is -2.10. The van der Waals surface area contributed by atoms with E-state index in [9.17, 15) is 8.42 Å². The van der Waals surface area contributed by atoms with Gasteiger partial charge in [-0.1, -0.05) is 6.07 Å². The molecule has 0 fully saturated rings. The summed E-state index contributed by atoms with van der Waals surface area (Å²) >= 11 is 6.79. The molecular weight excluding hydrogens is 266 g/mol. The van der Waals surface area contributed by atoms with Gasteiger partial charge in [0.2, 0.25) is 0 Å². The third kappa shape index (κ3) is 2.70. The van der Waals surface area contributed by atoms with E-state index >= 15 is 0 Å². The highest BCUT2D eigenvalue weighted by molar-refractivity contribution is 7.98. The highest BCUT2D eigenvalue weighted by Crippen LogP contribution is 2.26. The minimum Gasteiger partial charge on any atom is -0.224 e. The average molecular weight is 276 g/mol. The van der Waals surface area contributed by atoms with Crippen LogP contribution in [0.25, 0.3) is 0 Å². The summed E-state index contributed by atoms with van der Waals surface area (Å²) in [5, 5.41) is 9.00. The highest BCUT2D eigenvalue weighted by atomic mass is 35.5. The second-order valence-electron chi connectivity index (χ2n) is 2.95. The number of rotatable bonds is 4. The predicted molar refractivity (Wildman–Crippen MR) is 65.7 cm³/mol. The first-order chi connectivity index (χ1) is 7.56. The number of halogens is 1. The van der Waals surface area contributed by atoms with Gasteiger partial charge in [-0.05, 0) is 18.4 Å². The van der Waals surface area contributed by atoms with Crippen molar-refractivity contribution in [3.8, 4) is 6.07 Å². The van der Waals surface area contributed by atoms with E-state index in [4.69, 9.17) is 16.9 Å². The molecule has 0 aliphatic heterocycles. The molecule has 16 heavy (non-hydrogen) atoms. The summed E-state index contributed by atoms with van der Waals surface area (Å²) in [6, 6.07) is 6.74. The molecule has 0 aromatic heterocycles. The van der Waals surface area contributed by atoms with Crippen molar-refractivity contribution in [3.63, 3.8) is 0 Å². The molecule has 0 N–H and O–H groups in total. The molecule has 0 unspecified atom stereocenters. The molecule has 0 aliphatic carbocycles. The first kappa shape index (κ1) is 13.4. The molecule has 0 amide bonds. The van der Waals surface area contributed by atoms with Crippen molar-refractivity contribution in [2.75, 3.05) is 17.9 Å². The molecule has 3 nitrogen and oxygen atoms in total. The fraction of sp³-hybridized carbons (Fsp3) is 0.300. The molecule has 0 bridgehead atoms. The van der Waals surface area contributed by atoms with Gasteiger partial charge in [0.1, 0.15) is 6.07 Å². The Hall–Kier alpha value is -0.700. The summed E-state index contributed by atoms with van der Waals surface area (Å²) in [5.74, 6) is -0.127. The van der Waals surface area contributed by atoms with Crippen LogP contribution in [-0.4, -0.2) is 26.3 Å². The zero-order valence-corrected chi connectivity index (χ0v) is 11.0. The zero-order valence-electron chi connectivity index (χ0n) is 8.60. The Morgan fingerprint density at radius 1 is 1.50 bits per heavy atom. The molecule has 0 atom stereocenters. The van der Waals surface area contributed by atoms with Crippen molar-refractivity contribution in [2.24, 2.45) is 0 Å². The second kappa shape index (κ2) is 5.58. The van der Waals surface area contributed by atoms with Crippen molar-refractivity contribution in [3.05, 3.63) is 23.8 Å². The SMILES string of the molecule is CSc1cccc(S(=O)(=O)CCCl)c1C#N. The van der Waals surface area contributed by atoms with Crippen molar-refractivity contribution in [2.45, 2.75) is 9.79 Å². The average Bonchev–Trinajstić information content (AvgIpc) is 2.27. The van der Waals surface area contributed by atoms with Gasteiger partial charge >= 0.3 is 0 Å². The van der Waals surface area contributed by atoms with Gasteiger partial charge in [-0.2, -0.15) is 5.26 Å². The second-order valence-corrected chi connectivity index (χ2v) is 6.26. The normalized spacial score (nSPS) is 11.1. The maximum atomic E-state index is 11.8. The molecule has 86 valence electrons. The van der Waals surface area contributed by atoms with Crippen molar-refractivity contribution in [1.29, 1.82) is 5.26 Å². The molecule has 0 saturated carbocycles. The van der Waals surface area contributed by atoms with E-state index in [2.05, 4.69) is 0 Å². The number of nitriles is 1. The quantitative estimate of drug-likeness (QED) is 0.625. The van der Waals surface area contributed by atoms with Crippen LogP contribution >= 0.6 is 23.4 Å². The van der Waals surface area contributed by atoms with E-state index in [1.807, 2.05) is 6.07 Å². The number of alkyl halides is 1. The van der Waals surface area contributed by atoms with Gasteiger partial charge in [0.05, 0.1) is 16.2 Å². The molecule has 0 saturated heterocycles. The summed E-state index contributed by atoms with van der Waals surface area (Å²) in [6.45, 7) is 0. The molecule has 0 radical (unpaired) electrons. The van der Waals surface area contributed by atoms with Gasteiger partial charge < -0.3 is 0 Å². The van der Waals surface area contributed by atoms with Crippen LogP contribution in [0.1, 0.15) is 5.56 Å². The lowest BCUT2D eigenvalue weighted by molar-refractivity contribution is 0.597. The predicted octanol–water partition coefficient (Wildman–Crippen LogP) is 2.29. The van der Waals surface area contributed by atoms with E-state index in [0.29, 0.717) is 4.90 Å².